The molecule has 0 spiro atoms. The summed E-state index contributed by atoms with van der Waals surface area (Å²) in [5, 5.41) is 6.85. The summed E-state index contributed by atoms with van der Waals surface area (Å²) in [6.07, 6.45) is 4.39. The maximum atomic E-state index is 5.50. The number of aliphatic imine (C=N–C) groups is 1. The summed E-state index contributed by atoms with van der Waals surface area (Å²) < 4.78 is 5.76. The fourth-order valence-electron chi connectivity index (χ4n) is 2.54. The molecular formula is C17H27N3OS. The number of benzene rings is 1. The van der Waals surface area contributed by atoms with Crippen LogP contribution in [0.15, 0.2) is 35.3 Å². The lowest BCUT2D eigenvalue weighted by Crippen LogP contribution is -2.47. The molecule has 1 aromatic carbocycles. The molecule has 2 rings (SSSR count). The average Bonchev–Trinajstić information content (AvgIpc) is 2.59. The third-order valence-electron chi connectivity index (χ3n) is 4.02. The third kappa shape index (κ3) is 5.21. The van der Waals surface area contributed by atoms with Crippen molar-refractivity contribution in [3.8, 4) is 0 Å². The van der Waals surface area contributed by atoms with E-state index in [0.29, 0.717) is 6.54 Å². The van der Waals surface area contributed by atoms with E-state index < -0.39 is 0 Å². The summed E-state index contributed by atoms with van der Waals surface area (Å²) in [6, 6.07) is 10.3. The quantitative estimate of drug-likeness (QED) is 0.624. The standard InChI is InChI=1S/C17H27N3OS/c1-3-18-16(19-13-15-7-5-4-6-8-15)20-14-17(22-2)9-11-21-12-10-17/h4-8H,3,9-14H2,1-2H3,(H2,18,19,20). The van der Waals surface area contributed by atoms with E-state index >= 15 is 0 Å². The minimum Gasteiger partial charge on any atom is -0.381 e. The van der Waals surface area contributed by atoms with E-state index in [2.05, 4.69) is 53.1 Å². The van der Waals surface area contributed by atoms with Crippen LogP contribution in [0, 0.1) is 0 Å². The molecule has 0 saturated carbocycles. The van der Waals surface area contributed by atoms with Crippen molar-refractivity contribution in [1.82, 2.24) is 10.6 Å². The summed E-state index contributed by atoms with van der Waals surface area (Å²) >= 11 is 1.94. The van der Waals surface area contributed by atoms with Gasteiger partial charge >= 0.3 is 0 Å². The number of rotatable bonds is 6. The van der Waals surface area contributed by atoms with Crippen molar-refractivity contribution in [2.24, 2.45) is 4.99 Å². The van der Waals surface area contributed by atoms with Gasteiger partial charge in [-0.3, -0.25) is 0 Å². The summed E-state index contributed by atoms with van der Waals surface area (Å²) in [6.45, 7) is 6.32. The molecule has 0 aromatic heterocycles. The number of hydrogen-bond donors (Lipinski definition) is 2. The first kappa shape index (κ1) is 17.2. The van der Waals surface area contributed by atoms with Crippen molar-refractivity contribution in [1.29, 1.82) is 0 Å². The van der Waals surface area contributed by atoms with E-state index in [1.807, 2.05) is 17.8 Å². The van der Waals surface area contributed by atoms with Crippen LogP contribution in [0.3, 0.4) is 0 Å². The number of hydrogen-bond acceptors (Lipinski definition) is 3. The Morgan fingerprint density at radius 1 is 1.23 bits per heavy atom. The molecule has 0 radical (unpaired) electrons. The molecule has 0 aliphatic carbocycles. The SMILES string of the molecule is CCNC(=NCc1ccccc1)NCC1(SC)CCOCC1. The Bertz CT molecular complexity index is 458. The Hall–Kier alpha value is -1.20. The Kier molecular flexibility index (Phi) is 7.06. The predicted octanol–water partition coefficient (Wildman–Crippen LogP) is 2.65. The first-order valence-corrected chi connectivity index (χ1v) is 9.19. The van der Waals surface area contributed by atoms with Crippen LogP contribution in [0.1, 0.15) is 25.3 Å². The molecule has 0 unspecified atom stereocenters. The van der Waals surface area contributed by atoms with Gasteiger partial charge in [-0.15, -0.1) is 0 Å². The van der Waals surface area contributed by atoms with Gasteiger partial charge in [0.2, 0.25) is 0 Å². The summed E-state index contributed by atoms with van der Waals surface area (Å²) in [7, 11) is 0. The van der Waals surface area contributed by atoms with Gasteiger partial charge in [-0.05, 0) is 31.6 Å². The third-order valence-corrected chi connectivity index (χ3v) is 5.44. The number of nitrogens with zero attached hydrogens (tertiary/aromatic N) is 1. The zero-order chi connectivity index (χ0) is 15.7. The molecule has 2 N–H and O–H groups in total. The fraction of sp³-hybridized carbons (Fsp3) is 0.588. The average molecular weight is 321 g/mol. The van der Waals surface area contributed by atoms with Crippen LogP contribution in [0.4, 0.5) is 0 Å². The zero-order valence-corrected chi connectivity index (χ0v) is 14.4. The maximum Gasteiger partial charge on any atom is 0.191 e. The van der Waals surface area contributed by atoms with Gasteiger partial charge in [-0.2, -0.15) is 11.8 Å². The molecular weight excluding hydrogens is 294 g/mol. The first-order valence-electron chi connectivity index (χ1n) is 7.97. The molecule has 122 valence electrons. The highest BCUT2D eigenvalue weighted by molar-refractivity contribution is 8.00. The predicted molar refractivity (Wildman–Crippen MR) is 95.6 cm³/mol. The van der Waals surface area contributed by atoms with Gasteiger partial charge in [-0.1, -0.05) is 30.3 Å². The van der Waals surface area contributed by atoms with E-state index in [1.165, 1.54) is 5.56 Å². The van der Waals surface area contributed by atoms with E-state index in [-0.39, 0.29) is 4.75 Å². The van der Waals surface area contributed by atoms with E-state index in [0.717, 1.165) is 45.1 Å². The Labute approximate surface area is 138 Å². The van der Waals surface area contributed by atoms with E-state index in [1.54, 1.807) is 0 Å². The van der Waals surface area contributed by atoms with Gasteiger partial charge in [0.1, 0.15) is 0 Å². The maximum absolute atomic E-state index is 5.50. The number of thioether (sulfide) groups is 1. The number of ether oxygens (including phenoxy) is 1. The molecule has 0 atom stereocenters. The van der Waals surface area contributed by atoms with Crippen LogP contribution in [0.2, 0.25) is 0 Å². The smallest absolute Gasteiger partial charge is 0.191 e. The Morgan fingerprint density at radius 2 is 1.95 bits per heavy atom. The fourth-order valence-corrected chi connectivity index (χ4v) is 3.33. The van der Waals surface area contributed by atoms with Crippen molar-refractivity contribution in [3.05, 3.63) is 35.9 Å². The molecule has 5 heteroatoms. The second-order valence-electron chi connectivity index (χ2n) is 5.53. The van der Waals surface area contributed by atoms with Crippen molar-refractivity contribution in [2.45, 2.75) is 31.1 Å². The van der Waals surface area contributed by atoms with Crippen molar-refractivity contribution < 1.29 is 4.74 Å². The van der Waals surface area contributed by atoms with Gasteiger partial charge in [0, 0.05) is 31.1 Å². The molecule has 1 heterocycles. The van der Waals surface area contributed by atoms with Gasteiger partial charge in [0.15, 0.2) is 5.96 Å². The highest BCUT2D eigenvalue weighted by Gasteiger charge is 2.31. The normalized spacial score (nSPS) is 18.0. The highest BCUT2D eigenvalue weighted by Crippen LogP contribution is 2.32. The summed E-state index contributed by atoms with van der Waals surface area (Å²) in [4.78, 5) is 4.69. The largest absolute Gasteiger partial charge is 0.381 e. The Balaban J connectivity index is 1.92. The van der Waals surface area contributed by atoms with Crippen LogP contribution in [0.5, 0.6) is 0 Å². The van der Waals surface area contributed by atoms with E-state index in [9.17, 15) is 0 Å². The van der Waals surface area contributed by atoms with Crippen molar-refractivity contribution >= 4 is 17.7 Å². The van der Waals surface area contributed by atoms with Crippen LogP contribution < -0.4 is 10.6 Å². The molecule has 22 heavy (non-hydrogen) atoms. The molecule has 1 aromatic rings. The minimum absolute atomic E-state index is 0.265. The van der Waals surface area contributed by atoms with Gasteiger partial charge in [-0.25, -0.2) is 4.99 Å². The first-order chi connectivity index (χ1) is 10.8. The van der Waals surface area contributed by atoms with Crippen LogP contribution in [-0.4, -0.2) is 43.3 Å². The lowest BCUT2D eigenvalue weighted by molar-refractivity contribution is 0.0783. The zero-order valence-electron chi connectivity index (χ0n) is 13.6. The lowest BCUT2D eigenvalue weighted by atomic mass is 9.99. The summed E-state index contributed by atoms with van der Waals surface area (Å²) in [5.74, 6) is 0.895. The topological polar surface area (TPSA) is 45.7 Å². The second-order valence-corrected chi connectivity index (χ2v) is 6.81. The van der Waals surface area contributed by atoms with Crippen LogP contribution in [-0.2, 0) is 11.3 Å². The van der Waals surface area contributed by atoms with Gasteiger partial charge in [0.05, 0.1) is 6.54 Å². The lowest BCUT2D eigenvalue weighted by Gasteiger charge is -2.36. The molecule has 1 saturated heterocycles. The molecule has 0 amide bonds. The van der Waals surface area contributed by atoms with Crippen LogP contribution in [0.25, 0.3) is 0 Å². The molecule has 0 bridgehead atoms. The molecule has 4 nitrogen and oxygen atoms in total. The van der Waals surface area contributed by atoms with Crippen LogP contribution >= 0.6 is 11.8 Å². The number of nitrogens with one attached hydrogen (secondary N) is 2. The molecule has 1 aliphatic heterocycles. The monoisotopic (exact) mass is 321 g/mol. The Morgan fingerprint density at radius 3 is 2.59 bits per heavy atom. The highest BCUT2D eigenvalue weighted by atomic mass is 32.2. The van der Waals surface area contributed by atoms with Gasteiger partial charge in [0.25, 0.3) is 0 Å². The minimum atomic E-state index is 0.265. The number of guanidine groups is 1. The molecule has 1 aliphatic rings. The second kappa shape index (κ2) is 9.06. The summed E-state index contributed by atoms with van der Waals surface area (Å²) in [5.41, 5.74) is 1.23. The molecule has 1 fully saturated rings. The van der Waals surface area contributed by atoms with Crippen molar-refractivity contribution in [2.75, 3.05) is 32.6 Å². The van der Waals surface area contributed by atoms with Gasteiger partial charge < -0.3 is 15.4 Å². The van der Waals surface area contributed by atoms with E-state index in [4.69, 9.17) is 4.74 Å². The van der Waals surface area contributed by atoms with Crippen molar-refractivity contribution in [3.63, 3.8) is 0 Å².